The summed E-state index contributed by atoms with van der Waals surface area (Å²) in [5.41, 5.74) is 0. The Morgan fingerprint density at radius 1 is 1.37 bits per heavy atom. The molecule has 0 spiro atoms. The largest absolute Gasteiger partial charge is 0.379 e. The Labute approximate surface area is 116 Å². The van der Waals surface area contributed by atoms with Gasteiger partial charge in [0.25, 0.3) is 0 Å². The molecule has 2 aliphatic rings. The lowest BCUT2D eigenvalue weighted by Gasteiger charge is -2.24. The number of carbonyl (C=O) groups excluding carboxylic acids is 1. The minimum atomic E-state index is 0.0408. The zero-order valence-corrected chi connectivity index (χ0v) is 12.3. The van der Waals surface area contributed by atoms with E-state index in [0.29, 0.717) is 6.04 Å². The third-order valence-corrected chi connectivity index (χ3v) is 4.25. The normalized spacial score (nSPS) is 30.4. The van der Waals surface area contributed by atoms with Crippen LogP contribution >= 0.6 is 0 Å². The first-order valence-corrected chi connectivity index (χ1v) is 7.82. The Balaban J connectivity index is 1.61. The molecule has 0 aromatic carbocycles. The van der Waals surface area contributed by atoms with Crippen molar-refractivity contribution in [3.63, 3.8) is 0 Å². The van der Waals surface area contributed by atoms with Crippen LogP contribution in [0.2, 0.25) is 0 Å². The van der Waals surface area contributed by atoms with Gasteiger partial charge in [-0.2, -0.15) is 0 Å². The van der Waals surface area contributed by atoms with Gasteiger partial charge in [-0.3, -0.25) is 4.79 Å². The maximum Gasteiger partial charge on any atom is 0.237 e. The fourth-order valence-electron chi connectivity index (χ4n) is 3.25. The van der Waals surface area contributed by atoms with Crippen LogP contribution in [0, 0.1) is 5.92 Å². The van der Waals surface area contributed by atoms with Crippen LogP contribution in [0.5, 0.6) is 0 Å². The van der Waals surface area contributed by atoms with Gasteiger partial charge in [-0.15, -0.1) is 0 Å². The molecule has 0 aromatic heterocycles. The van der Waals surface area contributed by atoms with Gasteiger partial charge in [-0.05, 0) is 45.4 Å². The highest BCUT2D eigenvalue weighted by molar-refractivity contribution is 5.82. The molecule has 1 aliphatic heterocycles. The fraction of sp³-hybridized carbons (Fsp3) is 0.933. The van der Waals surface area contributed by atoms with E-state index in [1.807, 2.05) is 13.8 Å². The van der Waals surface area contributed by atoms with Gasteiger partial charge in [0.2, 0.25) is 5.91 Å². The van der Waals surface area contributed by atoms with Gasteiger partial charge >= 0.3 is 0 Å². The molecule has 19 heavy (non-hydrogen) atoms. The predicted molar refractivity (Wildman–Crippen MR) is 76.0 cm³/mol. The molecular formula is C15H28N2O2. The van der Waals surface area contributed by atoms with E-state index >= 15 is 0 Å². The van der Waals surface area contributed by atoms with Crippen molar-refractivity contribution in [1.82, 2.24) is 10.6 Å². The first-order chi connectivity index (χ1) is 9.16. The molecule has 0 aromatic rings. The van der Waals surface area contributed by atoms with E-state index in [1.54, 1.807) is 0 Å². The van der Waals surface area contributed by atoms with Crippen LogP contribution in [0.25, 0.3) is 0 Å². The zero-order chi connectivity index (χ0) is 13.7. The summed E-state index contributed by atoms with van der Waals surface area (Å²) in [4.78, 5) is 12.1. The minimum Gasteiger partial charge on any atom is -0.379 e. The van der Waals surface area contributed by atoms with Crippen molar-refractivity contribution in [2.75, 3.05) is 13.2 Å². The van der Waals surface area contributed by atoms with Crippen molar-refractivity contribution in [1.29, 1.82) is 0 Å². The highest BCUT2D eigenvalue weighted by Crippen LogP contribution is 2.33. The van der Waals surface area contributed by atoms with Crippen LogP contribution in [-0.4, -0.2) is 37.2 Å². The monoisotopic (exact) mass is 268 g/mol. The predicted octanol–water partition coefficient (Wildman–Crippen LogP) is 1.84. The molecule has 1 saturated carbocycles. The minimum absolute atomic E-state index is 0.0408. The standard InChI is InChI=1S/C15H28N2O2/c1-11(2)19-9-5-8-16-15(18)14-10-12-6-3-4-7-13(12)17-14/h11-14,17H,3-10H2,1-2H3,(H,16,18). The molecule has 0 radical (unpaired) electrons. The number of carbonyl (C=O) groups is 1. The summed E-state index contributed by atoms with van der Waals surface area (Å²) in [5.74, 6) is 0.910. The molecule has 3 atom stereocenters. The van der Waals surface area contributed by atoms with Gasteiger partial charge in [-0.1, -0.05) is 12.8 Å². The number of hydrogen-bond acceptors (Lipinski definition) is 3. The molecule has 1 heterocycles. The van der Waals surface area contributed by atoms with Gasteiger partial charge in [0.1, 0.15) is 0 Å². The number of rotatable bonds is 6. The van der Waals surface area contributed by atoms with Crippen LogP contribution in [0.3, 0.4) is 0 Å². The van der Waals surface area contributed by atoms with Gasteiger partial charge in [-0.25, -0.2) is 0 Å². The van der Waals surface area contributed by atoms with Gasteiger partial charge < -0.3 is 15.4 Å². The summed E-state index contributed by atoms with van der Waals surface area (Å²) in [5, 5.41) is 6.54. The lowest BCUT2D eigenvalue weighted by atomic mass is 9.85. The SMILES string of the molecule is CC(C)OCCCNC(=O)C1CC2CCCCC2N1. The molecule has 1 aliphatic carbocycles. The maximum absolute atomic E-state index is 12.1. The maximum atomic E-state index is 12.1. The second-order valence-corrected chi connectivity index (χ2v) is 6.17. The topological polar surface area (TPSA) is 50.4 Å². The number of ether oxygens (including phenoxy) is 1. The van der Waals surface area contributed by atoms with Crippen molar-refractivity contribution < 1.29 is 9.53 Å². The van der Waals surface area contributed by atoms with Crippen LogP contribution in [0.15, 0.2) is 0 Å². The summed E-state index contributed by atoms with van der Waals surface area (Å²) in [6.45, 7) is 5.51. The third kappa shape index (κ3) is 4.46. The molecule has 1 amide bonds. The average Bonchev–Trinajstić information content (AvgIpc) is 2.81. The molecular weight excluding hydrogens is 240 g/mol. The molecule has 2 fully saturated rings. The Morgan fingerprint density at radius 3 is 2.89 bits per heavy atom. The lowest BCUT2D eigenvalue weighted by Crippen LogP contribution is -2.43. The molecule has 2 N–H and O–H groups in total. The summed E-state index contributed by atoms with van der Waals surface area (Å²) < 4.78 is 5.46. The highest BCUT2D eigenvalue weighted by Gasteiger charge is 2.37. The van der Waals surface area contributed by atoms with E-state index in [1.165, 1.54) is 25.7 Å². The Hall–Kier alpha value is -0.610. The van der Waals surface area contributed by atoms with Crippen LogP contribution in [-0.2, 0) is 9.53 Å². The molecule has 3 unspecified atom stereocenters. The number of amides is 1. The Bertz CT molecular complexity index is 280. The van der Waals surface area contributed by atoms with Crippen molar-refractivity contribution in [2.45, 2.75) is 70.6 Å². The van der Waals surface area contributed by atoms with E-state index in [9.17, 15) is 4.79 Å². The van der Waals surface area contributed by atoms with Crippen molar-refractivity contribution in [3.05, 3.63) is 0 Å². The van der Waals surface area contributed by atoms with Crippen molar-refractivity contribution in [3.8, 4) is 0 Å². The van der Waals surface area contributed by atoms with E-state index < -0.39 is 0 Å². The average molecular weight is 268 g/mol. The molecule has 110 valence electrons. The quantitative estimate of drug-likeness (QED) is 0.723. The van der Waals surface area contributed by atoms with Crippen molar-refractivity contribution >= 4 is 5.91 Å². The summed E-state index contributed by atoms with van der Waals surface area (Å²) in [6, 6.07) is 0.632. The van der Waals surface area contributed by atoms with E-state index in [-0.39, 0.29) is 18.1 Å². The van der Waals surface area contributed by atoms with E-state index in [2.05, 4.69) is 10.6 Å². The zero-order valence-electron chi connectivity index (χ0n) is 12.3. The Morgan fingerprint density at radius 2 is 2.16 bits per heavy atom. The molecule has 2 rings (SSSR count). The number of hydrogen-bond donors (Lipinski definition) is 2. The molecule has 0 bridgehead atoms. The molecule has 4 nitrogen and oxygen atoms in total. The second-order valence-electron chi connectivity index (χ2n) is 6.17. The smallest absolute Gasteiger partial charge is 0.237 e. The van der Waals surface area contributed by atoms with Gasteiger partial charge in [0.05, 0.1) is 12.1 Å². The van der Waals surface area contributed by atoms with E-state index in [0.717, 1.165) is 31.9 Å². The van der Waals surface area contributed by atoms with Gasteiger partial charge in [0.15, 0.2) is 0 Å². The Kier molecular flexibility index (Phi) is 5.64. The van der Waals surface area contributed by atoms with Crippen LogP contribution in [0.1, 0.15) is 52.4 Å². The summed E-state index contributed by atoms with van der Waals surface area (Å²) in [6.07, 6.45) is 7.39. The highest BCUT2D eigenvalue weighted by atomic mass is 16.5. The molecule has 4 heteroatoms. The lowest BCUT2D eigenvalue weighted by molar-refractivity contribution is -0.122. The second kappa shape index (κ2) is 7.25. The van der Waals surface area contributed by atoms with Gasteiger partial charge in [0, 0.05) is 19.2 Å². The fourth-order valence-corrected chi connectivity index (χ4v) is 3.25. The first kappa shape index (κ1) is 14.8. The van der Waals surface area contributed by atoms with Crippen LogP contribution < -0.4 is 10.6 Å². The third-order valence-electron chi connectivity index (χ3n) is 4.25. The summed E-state index contributed by atoms with van der Waals surface area (Å²) in [7, 11) is 0. The summed E-state index contributed by atoms with van der Waals surface area (Å²) >= 11 is 0. The molecule has 1 saturated heterocycles. The van der Waals surface area contributed by atoms with E-state index in [4.69, 9.17) is 4.74 Å². The number of fused-ring (bicyclic) bond motifs is 1. The number of nitrogens with one attached hydrogen (secondary N) is 2. The van der Waals surface area contributed by atoms with Crippen LogP contribution in [0.4, 0.5) is 0 Å². The van der Waals surface area contributed by atoms with Crippen molar-refractivity contribution in [2.24, 2.45) is 5.92 Å². The first-order valence-electron chi connectivity index (χ1n) is 7.82.